The average Bonchev–Trinajstić information content (AvgIpc) is 3.13. The Bertz CT molecular complexity index is 768. The molecule has 0 aromatic carbocycles. The molecule has 3 heterocycles. The first-order chi connectivity index (χ1) is 14.2. The molecule has 0 aliphatic carbocycles. The molecule has 1 N–H and O–H groups in total. The lowest BCUT2D eigenvalue weighted by Gasteiger charge is -2.39. The van der Waals surface area contributed by atoms with Gasteiger partial charge < -0.3 is 15.1 Å². The minimum Gasteiger partial charge on any atom is -0.341 e. The minimum absolute atomic E-state index is 0.0800. The van der Waals surface area contributed by atoms with Crippen LogP contribution in [0.5, 0.6) is 0 Å². The second kappa shape index (κ2) is 10.2. The number of hydrogen-bond donors (Lipinski definition) is 1. The molecule has 3 rings (SSSR count). The third-order valence-electron chi connectivity index (χ3n) is 5.78. The van der Waals surface area contributed by atoms with E-state index in [9.17, 15) is 14.4 Å². The molecule has 30 heavy (non-hydrogen) atoms. The predicted molar refractivity (Wildman–Crippen MR) is 121 cm³/mol. The molecule has 3 unspecified atom stereocenters. The first kappa shape index (κ1) is 23.2. The van der Waals surface area contributed by atoms with Crippen LogP contribution in [-0.2, 0) is 9.59 Å². The van der Waals surface area contributed by atoms with Crippen LogP contribution in [-0.4, -0.2) is 84.3 Å². The van der Waals surface area contributed by atoms with E-state index in [1.807, 2.05) is 11.0 Å². The Kier molecular flexibility index (Phi) is 7.92. The van der Waals surface area contributed by atoms with E-state index >= 15 is 0 Å². The molecule has 2 aliphatic heterocycles. The number of likely N-dealkylation sites (tertiary alicyclic amines) is 1. The summed E-state index contributed by atoms with van der Waals surface area (Å²) < 4.78 is 0.880. The largest absolute Gasteiger partial charge is 0.341 e. The molecule has 0 saturated carbocycles. The monoisotopic (exact) mass is 498 g/mol. The third kappa shape index (κ3) is 6.04. The zero-order valence-corrected chi connectivity index (χ0v) is 20.3. The SMILES string of the molecule is CC1CC(C)CN(C(=O)CN2CCN(C(=O)C(C)NC(=O)c3ccc(Br)s3)CC2)C1. The van der Waals surface area contributed by atoms with Crippen molar-refractivity contribution in [3.8, 4) is 0 Å². The summed E-state index contributed by atoms with van der Waals surface area (Å²) in [6, 6.07) is 2.97. The Morgan fingerprint density at radius 2 is 1.73 bits per heavy atom. The summed E-state index contributed by atoms with van der Waals surface area (Å²) in [7, 11) is 0. The van der Waals surface area contributed by atoms with Crippen LogP contribution in [0.1, 0.15) is 36.9 Å². The van der Waals surface area contributed by atoms with Gasteiger partial charge in [-0.05, 0) is 53.2 Å². The van der Waals surface area contributed by atoms with E-state index in [2.05, 4.69) is 40.0 Å². The number of nitrogens with zero attached hydrogens (tertiary/aromatic N) is 3. The molecular formula is C21H31BrN4O3S. The van der Waals surface area contributed by atoms with E-state index in [1.54, 1.807) is 17.9 Å². The van der Waals surface area contributed by atoms with Crippen molar-refractivity contribution in [2.75, 3.05) is 45.8 Å². The number of halogens is 1. The first-order valence-corrected chi connectivity index (χ1v) is 12.2. The summed E-state index contributed by atoms with van der Waals surface area (Å²) >= 11 is 4.68. The van der Waals surface area contributed by atoms with Crippen molar-refractivity contribution in [1.82, 2.24) is 20.0 Å². The van der Waals surface area contributed by atoms with E-state index in [4.69, 9.17) is 0 Å². The van der Waals surface area contributed by atoms with E-state index in [0.717, 1.165) is 16.9 Å². The first-order valence-electron chi connectivity index (χ1n) is 10.6. The summed E-state index contributed by atoms with van der Waals surface area (Å²) in [4.78, 5) is 44.2. The summed E-state index contributed by atoms with van der Waals surface area (Å²) in [5.74, 6) is 0.985. The van der Waals surface area contributed by atoms with Crippen LogP contribution >= 0.6 is 27.3 Å². The molecule has 1 aromatic rings. The second-order valence-electron chi connectivity index (χ2n) is 8.65. The molecule has 0 radical (unpaired) electrons. The molecule has 1 aromatic heterocycles. The van der Waals surface area contributed by atoms with Gasteiger partial charge in [0.25, 0.3) is 5.91 Å². The van der Waals surface area contributed by atoms with E-state index in [0.29, 0.717) is 49.4 Å². The van der Waals surface area contributed by atoms with Crippen molar-refractivity contribution >= 4 is 45.0 Å². The molecule has 3 atom stereocenters. The van der Waals surface area contributed by atoms with Gasteiger partial charge >= 0.3 is 0 Å². The molecule has 166 valence electrons. The number of hydrogen-bond acceptors (Lipinski definition) is 5. The number of rotatable bonds is 5. The lowest BCUT2D eigenvalue weighted by atomic mass is 9.92. The van der Waals surface area contributed by atoms with Crippen LogP contribution in [0.2, 0.25) is 0 Å². The fraction of sp³-hybridized carbons (Fsp3) is 0.667. The Hall–Kier alpha value is -1.45. The summed E-state index contributed by atoms with van der Waals surface area (Å²) in [5.41, 5.74) is 0. The zero-order chi connectivity index (χ0) is 21.8. The Labute approximate surface area is 190 Å². The Balaban J connectivity index is 1.43. The van der Waals surface area contributed by atoms with E-state index in [1.165, 1.54) is 17.8 Å². The highest BCUT2D eigenvalue weighted by molar-refractivity contribution is 9.11. The zero-order valence-electron chi connectivity index (χ0n) is 17.9. The minimum atomic E-state index is -0.581. The third-order valence-corrected chi connectivity index (χ3v) is 7.40. The number of carbonyl (C=O) groups excluding carboxylic acids is 3. The van der Waals surface area contributed by atoms with Gasteiger partial charge in [-0.2, -0.15) is 0 Å². The van der Waals surface area contributed by atoms with Gasteiger partial charge in [0.05, 0.1) is 15.2 Å². The fourth-order valence-electron chi connectivity index (χ4n) is 4.32. The maximum Gasteiger partial charge on any atom is 0.262 e. The van der Waals surface area contributed by atoms with Crippen molar-refractivity contribution in [3.05, 3.63) is 20.8 Å². The van der Waals surface area contributed by atoms with Gasteiger partial charge in [-0.15, -0.1) is 11.3 Å². The van der Waals surface area contributed by atoms with E-state index < -0.39 is 6.04 Å². The molecule has 2 aliphatic rings. The normalized spacial score (nSPS) is 23.9. The standard InChI is InChI=1S/C21H31BrN4O3S/c1-14-10-15(2)12-26(11-14)19(27)13-24-6-8-25(9-7-24)21(29)16(3)23-20(28)17-4-5-18(22)30-17/h4-5,14-16H,6-13H2,1-3H3,(H,23,28). The predicted octanol–water partition coefficient (Wildman–Crippen LogP) is 2.28. The van der Waals surface area contributed by atoms with E-state index in [-0.39, 0.29) is 17.7 Å². The van der Waals surface area contributed by atoms with Crippen molar-refractivity contribution < 1.29 is 14.4 Å². The van der Waals surface area contributed by atoms with Crippen LogP contribution in [0.15, 0.2) is 15.9 Å². The van der Waals surface area contributed by atoms with Crippen LogP contribution in [0, 0.1) is 11.8 Å². The number of piperazine rings is 1. The number of nitrogens with one attached hydrogen (secondary N) is 1. The Morgan fingerprint density at radius 3 is 2.30 bits per heavy atom. The van der Waals surface area contributed by atoms with Crippen molar-refractivity contribution in [2.45, 2.75) is 33.2 Å². The summed E-state index contributed by atoms with van der Waals surface area (Å²) in [5, 5.41) is 2.79. The fourth-order valence-corrected chi connectivity index (χ4v) is 5.61. The van der Waals surface area contributed by atoms with Gasteiger partial charge in [0.2, 0.25) is 11.8 Å². The highest BCUT2D eigenvalue weighted by Gasteiger charge is 2.29. The quantitative estimate of drug-likeness (QED) is 0.675. The molecule has 7 nitrogen and oxygen atoms in total. The summed E-state index contributed by atoms with van der Waals surface area (Å²) in [6.07, 6.45) is 1.18. The average molecular weight is 499 g/mol. The number of piperidine rings is 1. The van der Waals surface area contributed by atoms with Crippen LogP contribution in [0.4, 0.5) is 0 Å². The molecule has 0 spiro atoms. The van der Waals surface area contributed by atoms with Gasteiger partial charge in [0.15, 0.2) is 0 Å². The van der Waals surface area contributed by atoms with Crippen molar-refractivity contribution in [1.29, 1.82) is 0 Å². The number of amides is 3. The summed E-state index contributed by atoms with van der Waals surface area (Å²) in [6.45, 7) is 10.7. The highest BCUT2D eigenvalue weighted by atomic mass is 79.9. The second-order valence-corrected chi connectivity index (χ2v) is 11.1. The number of thiophene rings is 1. The van der Waals surface area contributed by atoms with Gasteiger partial charge in [0, 0.05) is 39.3 Å². The van der Waals surface area contributed by atoms with Crippen molar-refractivity contribution in [2.24, 2.45) is 11.8 Å². The molecular weight excluding hydrogens is 468 g/mol. The van der Waals surface area contributed by atoms with Gasteiger partial charge in [-0.1, -0.05) is 13.8 Å². The van der Waals surface area contributed by atoms with Gasteiger partial charge in [0.1, 0.15) is 6.04 Å². The number of carbonyl (C=O) groups is 3. The van der Waals surface area contributed by atoms with Crippen LogP contribution in [0.3, 0.4) is 0 Å². The highest BCUT2D eigenvalue weighted by Crippen LogP contribution is 2.22. The molecule has 2 fully saturated rings. The maximum atomic E-state index is 12.7. The van der Waals surface area contributed by atoms with Gasteiger partial charge in [-0.3, -0.25) is 19.3 Å². The van der Waals surface area contributed by atoms with Crippen LogP contribution < -0.4 is 5.32 Å². The smallest absolute Gasteiger partial charge is 0.262 e. The lowest BCUT2D eigenvalue weighted by Crippen LogP contribution is -2.56. The van der Waals surface area contributed by atoms with Crippen molar-refractivity contribution in [3.63, 3.8) is 0 Å². The van der Waals surface area contributed by atoms with Crippen LogP contribution in [0.25, 0.3) is 0 Å². The Morgan fingerprint density at radius 1 is 1.10 bits per heavy atom. The molecule has 9 heteroatoms. The molecule has 3 amide bonds. The molecule has 2 saturated heterocycles. The topological polar surface area (TPSA) is 73.0 Å². The maximum absolute atomic E-state index is 12.7. The van der Waals surface area contributed by atoms with Gasteiger partial charge in [-0.25, -0.2) is 0 Å². The lowest BCUT2D eigenvalue weighted by molar-refractivity contribution is -0.137. The molecule has 0 bridgehead atoms.